The Morgan fingerprint density at radius 3 is 2.21 bits per heavy atom. The number of rotatable bonds is 2. The van der Waals surface area contributed by atoms with E-state index in [1.54, 1.807) is 6.92 Å². The first kappa shape index (κ1) is 17.9. The fourth-order valence-corrected chi connectivity index (χ4v) is 2.39. The van der Waals surface area contributed by atoms with Crippen molar-refractivity contribution in [1.82, 2.24) is 5.32 Å². The zero-order valence-corrected chi connectivity index (χ0v) is 12.3. The molecular weight excluding hydrogens is 246 g/mol. The largest absolute Gasteiger partial charge is 0.474 e. The van der Waals surface area contributed by atoms with Gasteiger partial charge in [0, 0.05) is 6.54 Å². The molecule has 112 valence electrons. The maximum Gasteiger partial charge on any atom is 0.394 e. The first-order valence-electron chi connectivity index (χ1n) is 6.98. The van der Waals surface area contributed by atoms with Crippen LogP contribution in [-0.4, -0.2) is 34.7 Å². The molecule has 0 bridgehead atoms. The Labute approximate surface area is 115 Å². The van der Waals surface area contributed by atoms with E-state index in [2.05, 4.69) is 26.1 Å². The topological polar surface area (TPSA) is 86.6 Å². The molecule has 1 saturated carbocycles. The quantitative estimate of drug-likeness (QED) is 0.668. The van der Waals surface area contributed by atoms with Crippen LogP contribution in [0.25, 0.3) is 0 Å². The molecule has 1 fully saturated rings. The predicted octanol–water partition coefficient (Wildman–Crippen LogP) is 1.65. The summed E-state index contributed by atoms with van der Waals surface area (Å²) >= 11 is 0. The Morgan fingerprint density at radius 1 is 1.32 bits per heavy atom. The smallest absolute Gasteiger partial charge is 0.394 e. The summed E-state index contributed by atoms with van der Waals surface area (Å²) < 4.78 is 0. The Bertz CT molecular complexity index is 291. The fourth-order valence-electron chi connectivity index (χ4n) is 2.39. The van der Waals surface area contributed by atoms with Gasteiger partial charge < -0.3 is 15.5 Å². The number of nitrogens with one attached hydrogen (secondary N) is 1. The molecule has 0 radical (unpaired) electrons. The van der Waals surface area contributed by atoms with Crippen LogP contribution in [0.1, 0.15) is 47.0 Å². The zero-order valence-electron chi connectivity index (χ0n) is 12.3. The van der Waals surface area contributed by atoms with Crippen LogP contribution in [0.5, 0.6) is 0 Å². The van der Waals surface area contributed by atoms with Crippen molar-refractivity contribution >= 4 is 11.9 Å². The molecule has 3 unspecified atom stereocenters. The van der Waals surface area contributed by atoms with E-state index in [-0.39, 0.29) is 6.10 Å². The van der Waals surface area contributed by atoms with Gasteiger partial charge in [-0.25, -0.2) is 4.79 Å². The highest BCUT2D eigenvalue weighted by atomic mass is 16.4. The number of likely N-dealkylation sites (N-methyl/N-ethyl adjacent to an activating group) is 1. The van der Waals surface area contributed by atoms with Gasteiger partial charge in [0.15, 0.2) is 0 Å². The third-order valence-electron chi connectivity index (χ3n) is 3.52. The van der Waals surface area contributed by atoms with Gasteiger partial charge in [-0.15, -0.1) is 0 Å². The van der Waals surface area contributed by atoms with Crippen molar-refractivity contribution in [3.05, 3.63) is 0 Å². The van der Waals surface area contributed by atoms with Gasteiger partial charge in [0.25, 0.3) is 0 Å². The third-order valence-corrected chi connectivity index (χ3v) is 3.52. The van der Waals surface area contributed by atoms with E-state index in [0.29, 0.717) is 18.4 Å². The number of aliphatic hydroxyl groups is 1. The molecule has 0 spiro atoms. The van der Waals surface area contributed by atoms with Crippen LogP contribution < -0.4 is 5.32 Å². The van der Waals surface area contributed by atoms with Crippen molar-refractivity contribution in [3.8, 4) is 0 Å². The number of aliphatic carboxylic acids is 1. The van der Waals surface area contributed by atoms with Gasteiger partial charge in [0.1, 0.15) is 0 Å². The lowest BCUT2D eigenvalue weighted by molar-refractivity contribution is -0.150. The summed E-state index contributed by atoms with van der Waals surface area (Å²) in [5, 5.41) is 19.7. The number of hydrogen-bond donors (Lipinski definition) is 3. The zero-order chi connectivity index (χ0) is 15.0. The minimum atomic E-state index is -1.44. The molecule has 5 heteroatoms. The van der Waals surface area contributed by atoms with Crippen molar-refractivity contribution in [2.24, 2.45) is 17.8 Å². The summed E-state index contributed by atoms with van der Waals surface area (Å²) in [6.07, 6.45) is 3.52. The first-order chi connectivity index (χ1) is 8.79. The van der Waals surface area contributed by atoms with Gasteiger partial charge in [-0.05, 0) is 37.5 Å². The SMILES string of the molecule is CC1CCC(C(C)C)C(O)C1.CCNC(=O)C(=O)O. The predicted molar refractivity (Wildman–Crippen MR) is 73.7 cm³/mol. The monoisotopic (exact) mass is 273 g/mol. The van der Waals surface area contributed by atoms with Gasteiger partial charge in [0.05, 0.1) is 6.10 Å². The number of amides is 1. The van der Waals surface area contributed by atoms with Crippen molar-refractivity contribution in [2.75, 3.05) is 6.54 Å². The van der Waals surface area contributed by atoms with Crippen molar-refractivity contribution in [3.63, 3.8) is 0 Å². The minimum absolute atomic E-state index is 0.0289. The highest BCUT2D eigenvalue weighted by Gasteiger charge is 2.28. The highest BCUT2D eigenvalue weighted by Crippen LogP contribution is 2.33. The normalized spacial score (nSPS) is 26.3. The molecule has 0 heterocycles. The molecule has 0 aliphatic heterocycles. The van der Waals surface area contributed by atoms with Gasteiger partial charge in [-0.2, -0.15) is 0 Å². The number of carboxylic acids is 1. The maximum absolute atomic E-state index is 10.0. The lowest BCUT2D eigenvalue weighted by Crippen LogP contribution is -2.31. The van der Waals surface area contributed by atoms with Gasteiger partial charge in [-0.1, -0.05) is 27.2 Å². The van der Waals surface area contributed by atoms with Crippen LogP contribution in [0.3, 0.4) is 0 Å². The fraction of sp³-hybridized carbons (Fsp3) is 0.857. The third kappa shape index (κ3) is 7.15. The number of carbonyl (C=O) groups excluding carboxylic acids is 1. The van der Waals surface area contributed by atoms with Crippen molar-refractivity contribution in [2.45, 2.75) is 53.1 Å². The second kappa shape index (κ2) is 8.91. The second-order valence-corrected chi connectivity index (χ2v) is 5.56. The molecule has 1 aliphatic carbocycles. The molecule has 3 N–H and O–H groups in total. The average Bonchev–Trinajstić information content (AvgIpc) is 2.29. The average molecular weight is 273 g/mol. The summed E-state index contributed by atoms with van der Waals surface area (Å²) in [5.74, 6) is -0.442. The summed E-state index contributed by atoms with van der Waals surface area (Å²) in [6, 6.07) is 0. The molecule has 0 aromatic rings. The highest BCUT2D eigenvalue weighted by molar-refractivity contribution is 6.31. The van der Waals surface area contributed by atoms with Crippen molar-refractivity contribution in [1.29, 1.82) is 0 Å². The number of carbonyl (C=O) groups is 2. The molecule has 1 amide bonds. The van der Waals surface area contributed by atoms with Crippen LogP contribution >= 0.6 is 0 Å². The van der Waals surface area contributed by atoms with Crippen LogP contribution in [0.15, 0.2) is 0 Å². The van der Waals surface area contributed by atoms with E-state index in [4.69, 9.17) is 5.11 Å². The molecule has 19 heavy (non-hydrogen) atoms. The number of aliphatic hydroxyl groups excluding tert-OH is 1. The van der Waals surface area contributed by atoms with Gasteiger partial charge >= 0.3 is 11.9 Å². The summed E-state index contributed by atoms with van der Waals surface area (Å²) in [7, 11) is 0. The molecule has 1 rings (SSSR count). The van der Waals surface area contributed by atoms with Crippen LogP contribution in [0.2, 0.25) is 0 Å². The van der Waals surface area contributed by atoms with Crippen LogP contribution in [0, 0.1) is 17.8 Å². The van der Waals surface area contributed by atoms with E-state index in [1.807, 2.05) is 0 Å². The van der Waals surface area contributed by atoms with Gasteiger partial charge in [0.2, 0.25) is 0 Å². The van der Waals surface area contributed by atoms with Crippen LogP contribution in [-0.2, 0) is 9.59 Å². The molecular formula is C14H27NO4. The van der Waals surface area contributed by atoms with E-state index in [0.717, 1.165) is 12.3 Å². The summed E-state index contributed by atoms with van der Waals surface area (Å²) in [4.78, 5) is 19.7. The van der Waals surface area contributed by atoms with E-state index in [1.165, 1.54) is 12.8 Å². The number of carboxylic acid groups (broad SMARTS) is 1. The Hall–Kier alpha value is -1.10. The summed E-state index contributed by atoms with van der Waals surface area (Å²) in [5.41, 5.74) is 0. The molecule has 0 aromatic carbocycles. The Morgan fingerprint density at radius 2 is 1.89 bits per heavy atom. The molecule has 1 aliphatic rings. The Balaban J connectivity index is 0.000000362. The molecule has 3 atom stereocenters. The summed E-state index contributed by atoms with van der Waals surface area (Å²) in [6.45, 7) is 8.67. The van der Waals surface area contributed by atoms with Crippen molar-refractivity contribution < 1.29 is 19.8 Å². The standard InChI is InChI=1S/C10H20O.C4H7NO3/c1-7(2)9-5-4-8(3)6-10(9)11;1-2-5-3(6)4(7)8/h7-11H,4-6H2,1-3H3;2H2,1H3,(H,5,6)(H,7,8). The lowest BCUT2D eigenvalue weighted by Gasteiger charge is -2.33. The first-order valence-corrected chi connectivity index (χ1v) is 6.98. The molecule has 5 nitrogen and oxygen atoms in total. The van der Waals surface area contributed by atoms with Gasteiger partial charge in [-0.3, -0.25) is 4.79 Å². The lowest BCUT2D eigenvalue weighted by atomic mass is 9.75. The van der Waals surface area contributed by atoms with E-state index >= 15 is 0 Å². The maximum atomic E-state index is 10.0. The van der Waals surface area contributed by atoms with E-state index < -0.39 is 11.9 Å². The minimum Gasteiger partial charge on any atom is -0.474 e. The number of hydrogen-bond acceptors (Lipinski definition) is 3. The van der Waals surface area contributed by atoms with E-state index in [9.17, 15) is 14.7 Å². The second-order valence-electron chi connectivity index (χ2n) is 5.56. The molecule has 0 aromatic heterocycles. The molecule has 0 saturated heterocycles. The Kier molecular flexibility index (Phi) is 8.39. The van der Waals surface area contributed by atoms with Crippen LogP contribution in [0.4, 0.5) is 0 Å².